The highest BCUT2D eigenvalue weighted by atomic mass is 19.1. The Labute approximate surface area is 141 Å². The Balaban J connectivity index is 1.69. The highest BCUT2D eigenvalue weighted by Crippen LogP contribution is 2.23. The molecule has 1 amide bonds. The second kappa shape index (κ2) is 7.15. The van der Waals surface area contributed by atoms with Crippen molar-refractivity contribution in [3.63, 3.8) is 0 Å². The first-order valence-corrected chi connectivity index (χ1v) is 8.58. The largest absolute Gasteiger partial charge is 0.373 e. The average Bonchev–Trinajstić information content (AvgIpc) is 2.93. The molecule has 2 heterocycles. The third-order valence-electron chi connectivity index (χ3n) is 4.76. The summed E-state index contributed by atoms with van der Waals surface area (Å²) >= 11 is 0. The van der Waals surface area contributed by atoms with E-state index >= 15 is 0 Å². The fourth-order valence-corrected chi connectivity index (χ4v) is 3.84. The van der Waals surface area contributed by atoms with Crippen molar-refractivity contribution in [3.05, 3.63) is 35.4 Å². The Bertz CT molecular complexity index is 601. The third kappa shape index (κ3) is 3.75. The van der Waals surface area contributed by atoms with Crippen LogP contribution in [0.15, 0.2) is 18.2 Å². The number of amides is 1. The zero-order valence-corrected chi connectivity index (χ0v) is 14.2. The number of rotatable bonds is 3. The van der Waals surface area contributed by atoms with E-state index in [1.807, 2.05) is 13.8 Å². The quantitative estimate of drug-likeness (QED) is 0.849. The lowest BCUT2D eigenvalue weighted by molar-refractivity contribution is -0.0715. The van der Waals surface area contributed by atoms with Crippen molar-refractivity contribution < 1.29 is 18.3 Å². The highest BCUT2D eigenvalue weighted by molar-refractivity contribution is 5.94. The standard InChI is InChI=1S/C18H24F2N2O2/c1-12-9-21(10-13(2)24-12)11-15-4-3-7-22(15)18(23)16-6-5-14(19)8-17(16)20/h5-6,8,12-13,15H,3-4,7,9-11H2,1-2H3/t12-,13+,15-/m1/s1. The van der Waals surface area contributed by atoms with Gasteiger partial charge >= 0.3 is 0 Å². The molecule has 3 atom stereocenters. The summed E-state index contributed by atoms with van der Waals surface area (Å²) in [5, 5.41) is 0. The monoisotopic (exact) mass is 338 g/mol. The van der Waals surface area contributed by atoms with Crippen LogP contribution in [0, 0.1) is 11.6 Å². The van der Waals surface area contributed by atoms with Gasteiger partial charge in [0.1, 0.15) is 11.6 Å². The Morgan fingerprint density at radius 3 is 2.62 bits per heavy atom. The summed E-state index contributed by atoms with van der Waals surface area (Å²) in [4.78, 5) is 16.7. The molecule has 0 N–H and O–H groups in total. The first kappa shape index (κ1) is 17.3. The minimum atomic E-state index is -0.792. The van der Waals surface area contributed by atoms with Gasteiger partial charge in [0.15, 0.2) is 0 Å². The number of halogens is 2. The van der Waals surface area contributed by atoms with Crippen LogP contribution in [0.2, 0.25) is 0 Å². The fourth-order valence-electron chi connectivity index (χ4n) is 3.84. The molecule has 2 aliphatic heterocycles. The van der Waals surface area contributed by atoms with E-state index in [9.17, 15) is 13.6 Å². The summed E-state index contributed by atoms with van der Waals surface area (Å²) in [6.07, 6.45) is 2.17. The number of hydrogen-bond donors (Lipinski definition) is 0. The molecule has 4 nitrogen and oxygen atoms in total. The van der Waals surface area contributed by atoms with Crippen molar-refractivity contribution in [2.75, 3.05) is 26.2 Å². The van der Waals surface area contributed by atoms with E-state index in [0.29, 0.717) is 6.54 Å². The average molecular weight is 338 g/mol. The molecule has 132 valence electrons. The van der Waals surface area contributed by atoms with Gasteiger partial charge in [-0.2, -0.15) is 0 Å². The maximum Gasteiger partial charge on any atom is 0.257 e. The van der Waals surface area contributed by atoms with Crippen LogP contribution in [0.25, 0.3) is 0 Å². The first-order chi connectivity index (χ1) is 11.4. The maximum atomic E-state index is 13.9. The summed E-state index contributed by atoms with van der Waals surface area (Å²) < 4.78 is 32.7. The number of likely N-dealkylation sites (tertiary alicyclic amines) is 1. The molecular formula is C18H24F2N2O2. The van der Waals surface area contributed by atoms with E-state index in [1.165, 1.54) is 6.07 Å². The van der Waals surface area contributed by atoms with Crippen molar-refractivity contribution in [2.45, 2.75) is 44.9 Å². The van der Waals surface area contributed by atoms with Crippen molar-refractivity contribution >= 4 is 5.91 Å². The van der Waals surface area contributed by atoms with Crippen LogP contribution in [-0.2, 0) is 4.74 Å². The molecule has 0 saturated carbocycles. The van der Waals surface area contributed by atoms with Crippen molar-refractivity contribution in [3.8, 4) is 0 Å². The summed E-state index contributed by atoms with van der Waals surface area (Å²) in [6, 6.07) is 3.21. The van der Waals surface area contributed by atoms with Crippen LogP contribution in [0.4, 0.5) is 8.78 Å². The van der Waals surface area contributed by atoms with Gasteiger partial charge in [-0.25, -0.2) is 8.78 Å². The van der Waals surface area contributed by atoms with Crippen LogP contribution in [0.3, 0.4) is 0 Å². The van der Waals surface area contributed by atoms with Gasteiger partial charge in [-0.15, -0.1) is 0 Å². The summed E-state index contributed by atoms with van der Waals surface area (Å²) in [6.45, 7) is 7.17. The van der Waals surface area contributed by atoms with E-state index in [-0.39, 0.29) is 29.7 Å². The van der Waals surface area contributed by atoms with Crippen LogP contribution < -0.4 is 0 Å². The number of nitrogens with zero attached hydrogens (tertiary/aromatic N) is 2. The Hall–Kier alpha value is -1.53. The number of carbonyl (C=O) groups excluding carboxylic acids is 1. The molecular weight excluding hydrogens is 314 g/mol. The molecule has 0 spiro atoms. The molecule has 0 unspecified atom stereocenters. The van der Waals surface area contributed by atoms with E-state index in [2.05, 4.69) is 4.90 Å². The minimum Gasteiger partial charge on any atom is -0.373 e. The molecule has 6 heteroatoms. The number of carbonyl (C=O) groups is 1. The number of morpholine rings is 1. The van der Waals surface area contributed by atoms with Gasteiger partial charge in [0.05, 0.1) is 17.8 Å². The molecule has 0 aliphatic carbocycles. The lowest BCUT2D eigenvalue weighted by Crippen LogP contribution is -2.51. The highest BCUT2D eigenvalue weighted by Gasteiger charge is 2.33. The number of hydrogen-bond acceptors (Lipinski definition) is 3. The van der Waals surface area contributed by atoms with Crippen LogP contribution in [0.1, 0.15) is 37.0 Å². The smallest absolute Gasteiger partial charge is 0.257 e. The second-order valence-electron chi connectivity index (χ2n) is 6.89. The Morgan fingerprint density at radius 1 is 1.25 bits per heavy atom. The molecule has 2 fully saturated rings. The zero-order valence-electron chi connectivity index (χ0n) is 14.2. The summed E-state index contributed by atoms with van der Waals surface area (Å²) in [5.74, 6) is -1.80. The summed E-state index contributed by atoms with van der Waals surface area (Å²) in [7, 11) is 0. The lowest BCUT2D eigenvalue weighted by atomic mass is 10.1. The van der Waals surface area contributed by atoms with E-state index < -0.39 is 11.6 Å². The van der Waals surface area contributed by atoms with Gasteiger partial charge in [0, 0.05) is 38.3 Å². The van der Waals surface area contributed by atoms with Crippen molar-refractivity contribution in [2.24, 2.45) is 0 Å². The van der Waals surface area contributed by atoms with Crippen LogP contribution in [-0.4, -0.2) is 60.1 Å². The van der Waals surface area contributed by atoms with E-state index in [0.717, 1.165) is 44.6 Å². The van der Waals surface area contributed by atoms with E-state index in [4.69, 9.17) is 4.74 Å². The van der Waals surface area contributed by atoms with Gasteiger partial charge in [-0.1, -0.05) is 0 Å². The van der Waals surface area contributed by atoms with Crippen molar-refractivity contribution in [1.29, 1.82) is 0 Å². The lowest BCUT2D eigenvalue weighted by Gasteiger charge is -2.38. The first-order valence-electron chi connectivity index (χ1n) is 8.58. The predicted molar refractivity (Wildman–Crippen MR) is 86.9 cm³/mol. The SMILES string of the molecule is C[C@@H]1CN(C[C@H]2CCCN2C(=O)c2ccc(F)cc2F)C[C@H](C)O1. The number of benzene rings is 1. The molecule has 1 aromatic carbocycles. The maximum absolute atomic E-state index is 13.9. The molecule has 0 bridgehead atoms. The number of ether oxygens (including phenoxy) is 1. The minimum absolute atomic E-state index is 0.0491. The van der Waals surface area contributed by atoms with Gasteiger partial charge in [-0.3, -0.25) is 9.69 Å². The zero-order chi connectivity index (χ0) is 17.3. The molecule has 2 saturated heterocycles. The van der Waals surface area contributed by atoms with Gasteiger partial charge in [-0.05, 0) is 38.8 Å². The fraction of sp³-hybridized carbons (Fsp3) is 0.611. The van der Waals surface area contributed by atoms with Crippen LogP contribution >= 0.6 is 0 Å². The van der Waals surface area contributed by atoms with Gasteiger partial charge in [0.25, 0.3) is 5.91 Å². The Kier molecular flexibility index (Phi) is 5.15. The third-order valence-corrected chi connectivity index (χ3v) is 4.76. The molecule has 1 aromatic rings. The summed E-state index contributed by atoms with van der Waals surface area (Å²) in [5.41, 5.74) is -0.0491. The normalized spacial score (nSPS) is 28.3. The van der Waals surface area contributed by atoms with Crippen molar-refractivity contribution in [1.82, 2.24) is 9.80 Å². The predicted octanol–water partition coefficient (Wildman–Crippen LogP) is 2.68. The molecule has 3 rings (SSSR count). The van der Waals surface area contributed by atoms with Gasteiger partial charge in [0.2, 0.25) is 0 Å². The van der Waals surface area contributed by atoms with E-state index in [1.54, 1.807) is 4.90 Å². The second-order valence-corrected chi connectivity index (χ2v) is 6.89. The topological polar surface area (TPSA) is 32.8 Å². The molecule has 2 aliphatic rings. The van der Waals surface area contributed by atoms with Gasteiger partial charge < -0.3 is 9.64 Å². The Morgan fingerprint density at radius 2 is 1.96 bits per heavy atom. The van der Waals surface area contributed by atoms with Crippen LogP contribution in [0.5, 0.6) is 0 Å². The molecule has 24 heavy (non-hydrogen) atoms. The molecule has 0 aromatic heterocycles. The molecule has 0 radical (unpaired) electrons.